The number of benzene rings is 1. The number of rotatable bonds is 8. The van der Waals surface area contributed by atoms with E-state index < -0.39 is 18.0 Å². The minimum Gasteiger partial charge on any atom is -0.451 e. The van der Waals surface area contributed by atoms with Crippen molar-refractivity contribution in [3.63, 3.8) is 0 Å². The maximum absolute atomic E-state index is 13.0. The third-order valence-electron chi connectivity index (χ3n) is 5.57. The molecule has 1 aliphatic rings. The number of fused-ring (bicyclic) bond motifs is 1. The normalized spacial score (nSPS) is 18.7. The van der Waals surface area contributed by atoms with E-state index in [1.54, 1.807) is 12.1 Å². The first-order valence-electron chi connectivity index (χ1n) is 11.2. The van der Waals surface area contributed by atoms with Crippen LogP contribution in [0.15, 0.2) is 34.7 Å². The zero-order chi connectivity index (χ0) is 22.4. The fourth-order valence-corrected chi connectivity index (χ4v) is 4.05. The molecule has 0 bridgehead atoms. The largest absolute Gasteiger partial charge is 0.451 e. The lowest BCUT2D eigenvalue weighted by molar-refractivity contribution is -0.129. The molecule has 0 spiro atoms. The monoisotopic (exact) mass is 427 g/mol. The van der Waals surface area contributed by atoms with Gasteiger partial charge in [-0.3, -0.25) is 19.3 Å². The third kappa shape index (κ3) is 6.17. The molecule has 31 heavy (non-hydrogen) atoms. The number of carbonyl (C=O) groups is 3. The fourth-order valence-electron chi connectivity index (χ4n) is 4.05. The van der Waals surface area contributed by atoms with Crippen molar-refractivity contribution in [3.8, 4) is 0 Å². The Balaban J connectivity index is 1.67. The molecule has 0 aliphatic carbocycles. The van der Waals surface area contributed by atoms with Crippen molar-refractivity contribution < 1.29 is 18.8 Å². The Bertz CT molecular complexity index is 887. The summed E-state index contributed by atoms with van der Waals surface area (Å²) in [5, 5.41) is 6.54. The third-order valence-corrected chi connectivity index (χ3v) is 5.57. The number of para-hydroxylation sites is 1. The molecule has 2 amide bonds. The van der Waals surface area contributed by atoms with Crippen LogP contribution in [-0.2, 0) is 9.59 Å². The average molecular weight is 428 g/mol. The van der Waals surface area contributed by atoms with Gasteiger partial charge in [0.2, 0.25) is 5.91 Å². The zero-order valence-electron chi connectivity index (χ0n) is 18.6. The summed E-state index contributed by atoms with van der Waals surface area (Å²) in [5.74, 6) is -0.356. The van der Waals surface area contributed by atoms with Crippen LogP contribution in [0.1, 0.15) is 57.0 Å². The van der Waals surface area contributed by atoms with Crippen molar-refractivity contribution in [3.05, 3.63) is 36.1 Å². The first-order valence-corrected chi connectivity index (χ1v) is 11.2. The van der Waals surface area contributed by atoms with Crippen LogP contribution in [0.5, 0.6) is 0 Å². The van der Waals surface area contributed by atoms with Crippen LogP contribution in [-0.4, -0.2) is 54.2 Å². The molecule has 3 rings (SSSR count). The van der Waals surface area contributed by atoms with E-state index in [4.69, 9.17) is 4.42 Å². The van der Waals surface area contributed by atoms with Crippen LogP contribution >= 0.6 is 0 Å². The number of Topliss-reactive ketones (excluding diaryl/α,β-unsaturated/α-hetero) is 1. The minimum absolute atomic E-state index is 0.0335. The van der Waals surface area contributed by atoms with E-state index in [9.17, 15) is 14.4 Å². The van der Waals surface area contributed by atoms with Gasteiger partial charge in [0.25, 0.3) is 5.91 Å². The maximum atomic E-state index is 13.0. The molecule has 2 atom stereocenters. The first-order chi connectivity index (χ1) is 14.9. The smallest absolute Gasteiger partial charge is 0.287 e. The standard InChI is InChI=1S/C24H33N3O4/c1-4-11-27-12-7-9-18(20(28)15-27)25-23(29)19(13-16(2)3)26-24(30)22-14-17-8-5-6-10-21(17)31-22/h5-6,8,10,14,16,18-19H,4,7,9,11-13,15H2,1-3H3,(H,25,29)(H,26,30)/t18-,19?/m0/s1. The number of likely N-dealkylation sites (tertiary alicyclic amines) is 1. The SMILES string of the molecule is CCCN1CCC[C@H](NC(=O)C(CC(C)C)NC(=O)c2cc3ccccc3o2)C(=O)C1. The fraction of sp³-hybridized carbons (Fsp3) is 0.542. The average Bonchev–Trinajstić information content (AvgIpc) is 3.09. The van der Waals surface area contributed by atoms with Crippen molar-refractivity contribution in [2.24, 2.45) is 5.92 Å². The second kappa shape index (κ2) is 10.6. The summed E-state index contributed by atoms with van der Waals surface area (Å²) < 4.78 is 5.63. The van der Waals surface area contributed by atoms with Crippen LogP contribution in [0, 0.1) is 5.92 Å². The van der Waals surface area contributed by atoms with Gasteiger partial charge in [-0.25, -0.2) is 0 Å². The van der Waals surface area contributed by atoms with Crippen molar-refractivity contribution in [1.82, 2.24) is 15.5 Å². The number of nitrogens with one attached hydrogen (secondary N) is 2. The lowest BCUT2D eigenvalue weighted by Gasteiger charge is -2.23. The van der Waals surface area contributed by atoms with Crippen LogP contribution in [0.2, 0.25) is 0 Å². The zero-order valence-corrected chi connectivity index (χ0v) is 18.6. The van der Waals surface area contributed by atoms with E-state index in [2.05, 4.69) is 22.5 Å². The molecule has 7 heteroatoms. The quantitative estimate of drug-likeness (QED) is 0.675. The maximum Gasteiger partial charge on any atom is 0.287 e. The predicted octanol–water partition coefficient (Wildman–Crippen LogP) is 3.14. The van der Waals surface area contributed by atoms with Gasteiger partial charge in [0.1, 0.15) is 11.6 Å². The number of furan rings is 1. The molecule has 2 heterocycles. The van der Waals surface area contributed by atoms with Gasteiger partial charge in [0, 0.05) is 5.39 Å². The van der Waals surface area contributed by atoms with Gasteiger partial charge in [0.15, 0.2) is 11.5 Å². The Morgan fingerprint density at radius 3 is 2.74 bits per heavy atom. The topological polar surface area (TPSA) is 91.7 Å². The number of nitrogens with zero attached hydrogens (tertiary/aromatic N) is 1. The molecule has 0 saturated carbocycles. The molecule has 1 aliphatic heterocycles. The summed E-state index contributed by atoms with van der Waals surface area (Å²) >= 11 is 0. The Morgan fingerprint density at radius 1 is 1.26 bits per heavy atom. The molecule has 1 saturated heterocycles. The molecule has 1 aromatic heterocycles. The molecular formula is C24H33N3O4. The molecule has 1 unspecified atom stereocenters. The lowest BCUT2D eigenvalue weighted by Crippen LogP contribution is -2.52. The van der Waals surface area contributed by atoms with Gasteiger partial charge in [-0.1, -0.05) is 39.0 Å². The number of hydrogen-bond donors (Lipinski definition) is 2. The van der Waals surface area contributed by atoms with E-state index in [-0.39, 0.29) is 23.4 Å². The summed E-state index contributed by atoms with van der Waals surface area (Å²) in [4.78, 5) is 40.6. The van der Waals surface area contributed by atoms with Gasteiger partial charge in [-0.05, 0) is 56.8 Å². The second-order valence-electron chi connectivity index (χ2n) is 8.75. The predicted molar refractivity (Wildman–Crippen MR) is 120 cm³/mol. The molecule has 1 aromatic carbocycles. The van der Waals surface area contributed by atoms with Gasteiger partial charge in [-0.2, -0.15) is 0 Å². The van der Waals surface area contributed by atoms with Crippen LogP contribution in [0.3, 0.4) is 0 Å². The highest BCUT2D eigenvalue weighted by Crippen LogP contribution is 2.19. The van der Waals surface area contributed by atoms with E-state index in [0.29, 0.717) is 25.0 Å². The summed E-state index contributed by atoms with van der Waals surface area (Å²) in [5.41, 5.74) is 0.623. The van der Waals surface area contributed by atoms with Crippen LogP contribution in [0.4, 0.5) is 0 Å². The van der Waals surface area contributed by atoms with E-state index in [1.807, 2.05) is 32.0 Å². The molecule has 168 valence electrons. The summed E-state index contributed by atoms with van der Waals surface area (Å²) in [6.07, 6.45) is 2.95. The Labute approximate surface area is 183 Å². The molecular weight excluding hydrogens is 394 g/mol. The minimum atomic E-state index is -0.733. The van der Waals surface area contributed by atoms with Gasteiger partial charge < -0.3 is 15.1 Å². The second-order valence-corrected chi connectivity index (χ2v) is 8.75. The number of hydrogen-bond acceptors (Lipinski definition) is 5. The van der Waals surface area contributed by atoms with Crippen molar-refractivity contribution in [2.45, 2.75) is 58.5 Å². The molecule has 2 N–H and O–H groups in total. The first kappa shape index (κ1) is 23.0. The van der Waals surface area contributed by atoms with E-state index in [0.717, 1.165) is 31.3 Å². The molecule has 0 radical (unpaired) electrons. The summed E-state index contributed by atoms with van der Waals surface area (Å²) in [7, 11) is 0. The summed E-state index contributed by atoms with van der Waals surface area (Å²) in [6, 6.07) is 7.81. The lowest BCUT2D eigenvalue weighted by atomic mass is 10.0. The van der Waals surface area contributed by atoms with Crippen LogP contribution < -0.4 is 10.6 Å². The Kier molecular flexibility index (Phi) is 7.85. The van der Waals surface area contributed by atoms with Crippen LogP contribution in [0.25, 0.3) is 11.0 Å². The highest BCUT2D eigenvalue weighted by Gasteiger charge is 2.30. The van der Waals surface area contributed by atoms with Gasteiger partial charge >= 0.3 is 0 Å². The Morgan fingerprint density at radius 2 is 2.03 bits per heavy atom. The van der Waals surface area contributed by atoms with Gasteiger partial charge in [0.05, 0.1) is 12.6 Å². The number of carbonyl (C=O) groups excluding carboxylic acids is 3. The van der Waals surface area contributed by atoms with E-state index >= 15 is 0 Å². The highest BCUT2D eigenvalue weighted by atomic mass is 16.3. The molecule has 1 fully saturated rings. The highest BCUT2D eigenvalue weighted by molar-refractivity contribution is 5.99. The van der Waals surface area contributed by atoms with Crippen molar-refractivity contribution in [2.75, 3.05) is 19.6 Å². The molecule has 7 nitrogen and oxygen atoms in total. The Hall–Kier alpha value is -2.67. The summed E-state index contributed by atoms with van der Waals surface area (Å²) in [6.45, 7) is 8.19. The van der Waals surface area contributed by atoms with E-state index in [1.165, 1.54) is 0 Å². The van der Waals surface area contributed by atoms with Crippen molar-refractivity contribution in [1.29, 1.82) is 0 Å². The van der Waals surface area contributed by atoms with Gasteiger partial charge in [-0.15, -0.1) is 0 Å². The number of amides is 2. The van der Waals surface area contributed by atoms with Crippen molar-refractivity contribution >= 4 is 28.6 Å². The molecule has 2 aromatic rings. The number of ketones is 1.